The van der Waals surface area contributed by atoms with E-state index in [2.05, 4.69) is 26.2 Å². The van der Waals surface area contributed by atoms with E-state index in [-0.39, 0.29) is 6.04 Å². The fourth-order valence-corrected chi connectivity index (χ4v) is 3.32. The summed E-state index contributed by atoms with van der Waals surface area (Å²) in [5, 5.41) is 16.5. The second-order valence-corrected chi connectivity index (χ2v) is 6.19. The Balaban J connectivity index is 1.83. The van der Waals surface area contributed by atoms with Gasteiger partial charge in [0.2, 0.25) is 0 Å². The highest BCUT2D eigenvalue weighted by molar-refractivity contribution is 5.42. The molecule has 7 heteroatoms. The normalized spacial score (nSPS) is 18.0. The Morgan fingerprint density at radius 3 is 3.00 bits per heavy atom. The molecule has 1 aromatic carbocycles. The second kappa shape index (κ2) is 8.10. The molecule has 132 valence electrons. The topological polar surface area (TPSA) is 87.1 Å². The quantitative estimate of drug-likeness (QED) is 0.869. The highest BCUT2D eigenvalue weighted by Crippen LogP contribution is 2.32. The summed E-state index contributed by atoms with van der Waals surface area (Å²) in [5.74, 6) is 2.35. The SMILES string of the molecule is COCc1nc([C@H]2CCCCN2Cc2cc(C#N)ccc2OC)n[nH]1. The third-order valence-corrected chi connectivity index (χ3v) is 4.52. The zero-order chi connectivity index (χ0) is 17.6. The van der Waals surface area contributed by atoms with Crippen LogP contribution in [0.15, 0.2) is 18.2 Å². The van der Waals surface area contributed by atoms with E-state index < -0.39 is 0 Å². The summed E-state index contributed by atoms with van der Waals surface area (Å²) in [6.45, 7) is 2.11. The van der Waals surface area contributed by atoms with E-state index in [1.54, 1.807) is 20.3 Å². The molecule has 0 unspecified atom stereocenters. The molecule has 0 radical (unpaired) electrons. The average Bonchev–Trinajstić information content (AvgIpc) is 3.11. The minimum atomic E-state index is 0.158. The van der Waals surface area contributed by atoms with Crippen LogP contribution >= 0.6 is 0 Å². The van der Waals surface area contributed by atoms with Crippen molar-refractivity contribution >= 4 is 0 Å². The van der Waals surface area contributed by atoms with Gasteiger partial charge in [0.05, 0.1) is 24.8 Å². The largest absolute Gasteiger partial charge is 0.496 e. The zero-order valence-electron chi connectivity index (χ0n) is 14.7. The Morgan fingerprint density at radius 2 is 2.24 bits per heavy atom. The Kier molecular flexibility index (Phi) is 5.64. The van der Waals surface area contributed by atoms with Crippen molar-refractivity contribution in [2.24, 2.45) is 0 Å². The summed E-state index contributed by atoms with van der Waals surface area (Å²) in [4.78, 5) is 6.94. The van der Waals surface area contributed by atoms with Crippen LogP contribution in [0.5, 0.6) is 5.75 Å². The Labute approximate surface area is 147 Å². The van der Waals surface area contributed by atoms with E-state index in [1.807, 2.05) is 12.1 Å². The third kappa shape index (κ3) is 3.98. The van der Waals surface area contributed by atoms with E-state index in [4.69, 9.17) is 9.47 Å². The number of hydrogen-bond acceptors (Lipinski definition) is 6. The lowest BCUT2D eigenvalue weighted by Crippen LogP contribution is -2.33. The van der Waals surface area contributed by atoms with Crippen molar-refractivity contribution < 1.29 is 9.47 Å². The summed E-state index contributed by atoms with van der Waals surface area (Å²) in [7, 11) is 3.30. The second-order valence-electron chi connectivity index (χ2n) is 6.19. The van der Waals surface area contributed by atoms with E-state index in [1.165, 1.54) is 0 Å². The van der Waals surface area contributed by atoms with Crippen molar-refractivity contribution in [1.29, 1.82) is 5.26 Å². The van der Waals surface area contributed by atoms with Crippen molar-refractivity contribution in [1.82, 2.24) is 20.1 Å². The van der Waals surface area contributed by atoms with Gasteiger partial charge in [-0.15, -0.1) is 0 Å². The average molecular weight is 341 g/mol. The smallest absolute Gasteiger partial charge is 0.167 e. The minimum Gasteiger partial charge on any atom is -0.496 e. The van der Waals surface area contributed by atoms with Gasteiger partial charge in [0, 0.05) is 19.2 Å². The maximum Gasteiger partial charge on any atom is 0.167 e. The first kappa shape index (κ1) is 17.4. The maximum absolute atomic E-state index is 9.17. The lowest BCUT2D eigenvalue weighted by molar-refractivity contribution is 0.132. The number of aromatic nitrogens is 3. The number of likely N-dealkylation sites (tertiary alicyclic amines) is 1. The molecule has 1 N–H and O–H groups in total. The first-order chi connectivity index (χ1) is 12.2. The molecule has 0 amide bonds. The zero-order valence-corrected chi connectivity index (χ0v) is 14.7. The lowest BCUT2D eigenvalue weighted by Gasteiger charge is -2.34. The van der Waals surface area contributed by atoms with Crippen LogP contribution in [0.4, 0.5) is 0 Å². The number of nitrogens with zero attached hydrogens (tertiary/aromatic N) is 4. The molecule has 0 spiro atoms. The van der Waals surface area contributed by atoms with Gasteiger partial charge in [-0.3, -0.25) is 10.00 Å². The van der Waals surface area contributed by atoms with Crippen molar-refractivity contribution in [3.05, 3.63) is 41.0 Å². The van der Waals surface area contributed by atoms with Crippen molar-refractivity contribution in [2.45, 2.75) is 38.5 Å². The van der Waals surface area contributed by atoms with Gasteiger partial charge in [0.25, 0.3) is 0 Å². The van der Waals surface area contributed by atoms with Crippen LogP contribution in [0.25, 0.3) is 0 Å². The van der Waals surface area contributed by atoms with Crippen LogP contribution < -0.4 is 4.74 Å². The predicted molar refractivity (Wildman–Crippen MR) is 91.8 cm³/mol. The van der Waals surface area contributed by atoms with Gasteiger partial charge < -0.3 is 9.47 Å². The van der Waals surface area contributed by atoms with Crippen LogP contribution in [0, 0.1) is 11.3 Å². The molecule has 3 rings (SSSR count). The lowest BCUT2D eigenvalue weighted by atomic mass is 10.00. The third-order valence-electron chi connectivity index (χ3n) is 4.52. The minimum absolute atomic E-state index is 0.158. The number of piperidine rings is 1. The molecule has 2 heterocycles. The fourth-order valence-electron chi connectivity index (χ4n) is 3.32. The molecular formula is C18H23N5O2. The van der Waals surface area contributed by atoms with E-state index >= 15 is 0 Å². The van der Waals surface area contributed by atoms with Crippen LogP contribution in [0.3, 0.4) is 0 Å². The molecule has 1 atom stereocenters. The van der Waals surface area contributed by atoms with Gasteiger partial charge in [-0.25, -0.2) is 4.98 Å². The highest BCUT2D eigenvalue weighted by atomic mass is 16.5. The summed E-state index contributed by atoms with van der Waals surface area (Å²) < 4.78 is 10.6. The molecule has 7 nitrogen and oxygen atoms in total. The number of nitrogens with one attached hydrogen (secondary N) is 1. The molecule has 0 bridgehead atoms. The Morgan fingerprint density at radius 1 is 1.36 bits per heavy atom. The standard InChI is InChI=1S/C18H23N5O2/c1-24-12-17-20-18(22-21-17)15-5-3-4-8-23(15)11-14-9-13(10-19)6-7-16(14)25-2/h6-7,9,15H,3-5,8,11-12H2,1-2H3,(H,20,21,22)/t15-/m1/s1. The number of H-pyrrole nitrogens is 1. The number of aromatic amines is 1. The molecular weight excluding hydrogens is 318 g/mol. The Hall–Kier alpha value is -2.43. The van der Waals surface area contributed by atoms with E-state index in [0.717, 1.165) is 48.8 Å². The van der Waals surface area contributed by atoms with Gasteiger partial charge in [-0.05, 0) is 37.6 Å². The van der Waals surface area contributed by atoms with Gasteiger partial charge in [-0.2, -0.15) is 10.4 Å². The van der Waals surface area contributed by atoms with Crippen molar-refractivity contribution in [3.8, 4) is 11.8 Å². The van der Waals surface area contributed by atoms with E-state index in [0.29, 0.717) is 18.7 Å². The molecule has 2 aromatic rings. The number of ether oxygens (including phenoxy) is 2. The molecule has 1 aliphatic rings. The van der Waals surface area contributed by atoms with Crippen molar-refractivity contribution in [2.75, 3.05) is 20.8 Å². The van der Waals surface area contributed by atoms with Crippen LogP contribution in [-0.4, -0.2) is 40.8 Å². The van der Waals surface area contributed by atoms with Gasteiger partial charge in [-0.1, -0.05) is 6.42 Å². The van der Waals surface area contributed by atoms with Gasteiger partial charge in [0.15, 0.2) is 11.6 Å². The molecule has 1 aromatic heterocycles. The van der Waals surface area contributed by atoms with Crippen LogP contribution in [0.2, 0.25) is 0 Å². The van der Waals surface area contributed by atoms with Crippen LogP contribution in [0.1, 0.15) is 48.1 Å². The molecule has 1 fully saturated rings. The molecule has 0 saturated carbocycles. The number of rotatable bonds is 6. The molecule has 1 saturated heterocycles. The van der Waals surface area contributed by atoms with E-state index in [9.17, 15) is 5.26 Å². The summed E-state index contributed by atoms with van der Waals surface area (Å²) in [6.07, 6.45) is 3.32. The summed E-state index contributed by atoms with van der Waals surface area (Å²) in [6, 6.07) is 7.90. The number of hydrogen-bond donors (Lipinski definition) is 1. The number of nitriles is 1. The monoisotopic (exact) mass is 341 g/mol. The number of benzene rings is 1. The first-order valence-corrected chi connectivity index (χ1v) is 8.46. The van der Waals surface area contributed by atoms with Gasteiger partial charge in [0.1, 0.15) is 12.4 Å². The molecule has 1 aliphatic heterocycles. The molecule has 25 heavy (non-hydrogen) atoms. The summed E-state index contributed by atoms with van der Waals surface area (Å²) >= 11 is 0. The Bertz CT molecular complexity index is 752. The highest BCUT2D eigenvalue weighted by Gasteiger charge is 2.28. The number of methoxy groups -OCH3 is 2. The van der Waals surface area contributed by atoms with Gasteiger partial charge >= 0.3 is 0 Å². The van der Waals surface area contributed by atoms with Crippen molar-refractivity contribution in [3.63, 3.8) is 0 Å². The first-order valence-electron chi connectivity index (χ1n) is 8.46. The summed E-state index contributed by atoms with van der Waals surface area (Å²) in [5.41, 5.74) is 1.66. The van der Waals surface area contributed by atoms with Crippen LogP contribution in [-0.2, 0) is 17.9 Å². The molecule has 0 aliphatic carbocycles. The predicted octanol–water partition coefficient (Wildman–Crippen LogP) is 2.56. The maximum atomic E-state index is 9.17. The fraction of sp³-hybridized carbons (Fsp3) is 0.500.